The van der Waals surface area contributed by atoms with E-state index in [1.807, 2.05) is 95.0 Å². The third-order valence-corrected chi connectivity index (χ3v) is 18.9. The molecule has 0 radical (unpaired) electrons. The topological polar surface area (TPSA) is 566 Å². The van der Waals surface area contributed by atoms with E-state index in [4.69, 9.17) is 88.7 Å². The first-order valence-electron chi connectivity index (χ1n) is 47.3. The third kappa shape index (κ3) is 104. The van der Waals surface area contributed by atoms with E-state index in [1.54, 1.807) is 0 Å². The maximum Gasteiger partial charge on any atom is 0.321 e. The second-order valence-corrected chi connectivity index (χ2v) is 33.1. The van der Waals surface area contributed by atoms with Crippen LogP contribution in [0.4, 0.5) is 0 Å². The summed E-state index contributed by atoms with van der Waals surface area (Å²) in [5, 5.41) is 19.3. The first-order valence-corrected chi connectivity index (χ1v) is 47.3. The van der Waals surface area contributed by atoms with Crippen LogP contribution in [0.15, 0.2) is 0 Å². The van der Waals surface area contributed by atoms with Crippen LogP contribution in [0.2, 0.25) is 0 Å². The van der Waals surface area contributed by atoms with Crippen LogP contribution in [0.5, 0.6) is 0 Å². The molecule has 0 aliphatic heterocycles. The Morgan fingerprint density at radius 1 is 0.200 bits per heavy atom. The van der Waals surface area contributed by atoms with Crippen molar-refractivity contribution in [3.8, 4) is 0 Å². The van der Waals surface area contributed by atoms with Crippen LogP contribution in [-0.4, -0.2) is 492 Å². The summed E-state index contributed by atoms with van der Waals surface area (Å²) in [6.07, 6.45) is 19.9. The van der Waals surface area contributed by atoms with Gasteiger partial charge in [-0.25, -0.2) is 0 Å². The van der Waals surface area contributed by atoms with Gasteiger partial charge in [-0.15, -0.1) is 0 Å². The lowest BCUT2D eigenvalue weighted by Crippen LogP contribution is -2.42. The number of hydrogen-bond donors (Lipinski definition) is 19. The highest BCUT2D eigenvalue weighted by atomic mass is 16.6. The highest BCUT2D eigenvalue weighted by Crippen LogP contribution is 2.06. The molecule has 0 atom stereocenters. The zero-order chi connectivity index (χ0) is 94.3. The molecule has 32 N–H and O–H groups in total. The van der Waals surface area contributed by atoms with Crippen LogP contribution in [0.3, 0.4) is 0 Å². The second-order valence-electron chi connectivity index (χ2n) is 33.1. The predicted molar refractivity (Wildman–Crippen MR) is 520 cm³/mol. The Morgan fingerprint density at radius 3 is 0.560 bits per heavy atom. The van der Waals surface area contributed by atoms with E-state index in [-0.39, 0.29) is 29.7 Å². The van der Waals surface area contributed by atoms with E-state index < -0.39 is 0 Å². The first kappa shape index (κ1) is 130. The van der Waals surface area contributed by atoms with E-state index in [9.17, 15) is 24.0 Å². The molecule has 0 aromatic carbocycles. The van der Waals surface area contributed by atoms with Gasteiger partial charge in [-0.1, -0.05) is 0 Å². The smallest absolute Gasteiger partial charge is 0.321 e. The molecule has 0 rings (SSSR count). The first-order chi connectivity index (χ1) is 60.3. The second kappa shape index (κ2) is 102. The molecule has 0 unspecified atom stereocenters. The Bertz CT molecular complexity index is 2170. The highest BCUT2D eigenvalue weighted by Gasteiger charge is 2.19. The van der Waals surface area contributed by atoms with Gasteiger partial charge in [0.2, 0.25) is 11.8 Å². The van der Waals surface area contributed by atoms with Crippen LogP contribution in [0, 0.1) is 0 Å². The van der Waals surface area contributed by atoms with E-state index >= 15 is 0 Å². The molecule has 2 amide bonds. The number of nitrogens with one attached hydrogen (secondary N) is 6. The molecule has 0 aromatic rings. The number of nitrogens with two attached hydrogens (primary N) is 13. The Hall–Kier alpha value is -3.85. The molecule has 750 valence electrons. The van der Waals surface area contributed by atoms with Crippen LogP contribution in [0.1, 0.15) is 128 Å². The molecule has 0 aliphatic rings. The molecule has 0 spiro atoms. The van der Waals surface area contributed by atoms with Gasteiger partial charge in [-0.2, -0.15) is 0 Å². The Balaban J connectivity index is -0.000000488. The zero-order valence-corrected chi connectivity index (χ0v) is 81.6. The molecular formula is C85H202N32O8. The summed E-state index contributed by atoms with van der Waals surface area (Å²) >= 11 is 0. The number of amides is 2. The molecule has 0 bridgehead atoms. The van der Waals surface area contributed by atoms with Gasteiger partial charge in [0.1, 0.15) is 20.2 Å². The summed E-state index contributed by atoms with van der Waals surface area (Å²) in [7, 11) is 18.8. The van der Waals surface area contributed by atoms with Crippen molar-refractivity contribution in [3.05, 3.63) is 0 Å². The van der Waals surface area contributed by atoms with Crippen LogP contribution < -0.4 is 106 Å². The quantitative estimate of drug-likeness (QED) is 0.0117. The van der Waals surface area contributed by atoms with Crippen molar-refractivity contribution in [1.82, 2.24) is 95.6 Å². The van der Waals surface area contributed by atoms with Crippen LogP contribution >= 0.6 is 0 Å². The van der Waals surface area contributed by atoms with Gasteiger partial charge in [0.05, 0.1) is 46.1 Å². The normalized spacial score (nSPS) is 11.6. The lowest BCUT2D eigenvalue weighted by molar-refractivity contribution is -0.149. The summed E-state index contributed by atoms with van der Waals surface area (Å²) in [6, 6.07) is 0. The fourth-order valence-electron chi connectivity index (χ4n) is 12.2. The van der Waals surface area contributed by atoms with E-state index in [0.717, 1.165) is 312 Å². The molecule has 0 aromatic heterocycles. The minimum absolute atomic E-state index is 0.0421. The van der Waals surface area contributed by atoms with Crippen molar-refractivity contribution in [2.24, 2.45) is 74.5 Å². The minimum atomic E-state index is -0.171. The summed E-state index contributed by atoms with van der Waals surface area (Å²) in [5.41, 5.74) is 72.5. The SMILES string of the molecule is CN(C)CC(=O)NCN(CCCN)CCCN.CN(C)CC(=O)NCN(CCCN)CCCNCCCN.CN(C)COC(=O)CN(CCCN(CCCN)CCCN)CCCN(CCCN)CCCN.CN(C)COC(=O)CN(CCCNCCCN)CCCN(CCCN)CCCN.CN(C)COC(=O)CN(CCCNCCCN)CCCNCCCN. The zero-order valence-electron chi connectivity index (χ0n) is 81.6. The number of esters is 3. The molecule has 0 heterocycles. The Morgan fingerprint density at radius 2 is 0.368 bits per heavy atom. The van der Waals surface area contributed by atoms with Crippen molar-refractivity contribution in [1.29, 1.82) is 0 Å². The fourth-order valence-corrected chi connectivity index (χ4v) is 12.2. The van der Waals surface area contributed by atoms with Gasteiger partial charge in [-0.05, 0) is 435 Å². The summed E-state index contributed by atoms with van der Waals surface area (Å²) in [4.78, 5) is 87.1. The van der Waals surface area contributed by atoms with Crippen molar-refractivity contribution < 1.29 is 38.2 Å². The summed E-state index contributed by atoms with van der Waals surface area (Å²) in [6.45, 7) is 38.6. The van der Waals surface area contributed by atoms with Gasteiger partial charge < -0.3 is 145 Å². The van der Waals surface area contributed by atoms with Crippen LogP contribution in [0.25, 0.3) is 0 Å². The molecule has 125 heavy (non-hydrogen) atoms. The number of hydrogen-bond acceptors (Lipinski definition) is 38. The average molecular weight is 1800 g/mol. The van der Waals surface area contributed by atoms with Crippen molar-refractivity contribution in [2.75, 3.05) is 399 Å². The number of rotatable bonds is 87. The van der Waals surface area contributed by atoms with E-state index in [1.165, 1.54) is 0 Å². The Labute approximate surface area is 761 Å². The maximum atomic E-state index is 12.4. The van der Waals surface area contributed by atoms with Crippen molar-refractivity contribution >= 4 is 29.7 Å². The molecule has 0 saturated carbocycles. The van der Waals surface area contributed by atoms with Gasteiger partial charge in [0.15, 0.2) is 0 Å². The number of carbonyl (C=O) groups excluding carboxylic acids is 5. The largest absolute Gasteiger partial charge is 0.449 e. The van der Waals surface area contributed by atoms with Crippen molar-refractivity contribution in [2.45, 2.75) is 128 Å². The van der Waals surface area contributed by atoms with Gasteiger partial charge in [0, 0.05) is 26.2 Å². The molecule has 0 saturated heterocycles. The monoisotopic (exact) mass is 1800 g/mol. The lowest BCUT2D eigenvalue weighted by Gasteiger charge is -2.27. The lowest BCUT2D eigenvalue weighted by atomic mass is 10.2. The summed E-state index contributed by atoms with van der Waals surface area (Å²) < 4.78 is 15.9. The fraction of sp³-hybridized carbons (Fsp3) is 0.941. The van der Waals surface area contributed by atoms with Gasteiger partial charge in [-0.3, -0.25) is 63.2 Å². The standard InChI is InChI=1S/C23H54N8O2.C20H47N7O2.C17H40N6O2.C14H34N6O.C11H27N5O/c1-28(2)22-33-23(32)21-31(19-7-17-29(13-3-9-24)14-4-10-25)20-8-18-30(15-5-11-26)16-6-12-27;1-25(2)19-29-20(28)18-27(15-6-12-24-11-3-8-21)17-7-16-26(13-4-9-22)14-5-10-23;1-22(2)16-25-17(24)15-23(13-5-11-20-9-3-7-18)14-6-12-21-10-4-8-19;1-19(2)12-14(21)18-13-20(10-4-7-16)11-5-9-17-8-3-6-15;1-15(2)9-11(17)14-10-16(7-3-5-12)8-4-6-13/h3-22,24-27H2,1-2H3;24H,3-19,21-23H2,1-2H3;20-21H,3-16,18-19H2,1-2H3;17H,3-13,15-16H2,1-2H3,(H,18,21);3-10,12-13H2,1-2H3,(H,14,17). The van der Waals surface area contributed by atoms with Crippen molar-refractivity contribution in [3.63, 3.8) is 0 Å². The number of likely N-dealkylation sites (N-methyl/N-ethyl adjacent to an activating group) is 2. The number of ether oxygens (including phenoxy) is 3. The highest BCUT2D eigenvalue weighted by molar-refractivity contribution is 5.78. The number of nitrogens with zero attached hydrogens (tertiary/aromatic N) is 13. The maximum absolute atomic E-state index is 12.4. The molecule has 0 aliphatic carbocycles. The van der Waals surface area contributed by atoms with E-state index in [0.29, 0.717) is 145 Å². The molecular weight excluding hydrogens is 1600 g/mol. The number of carbonyl (C=O) groups is 5. The van der Waals surface area contributed by atoms with Gasteiger partial charge in [0.25, 0.3) is 0 Å². The predicted octanol–water partition coefficient (Wildman–Crippen LogP) is -5.57. The van der Waals surface area contributed by atoms with E-state index in [2.05, 4.69) is 71.1 Å². The van der Waals surface area contributed by atoms with Gasteiger partial charge >= 0.3 is 17.9 Å². The summed E-state index contributed by atoms with van der Waals surface area (Å²) in [5.74, 6) is -0.409. The molecule has 0 fully saturated rings. The molecule has 40 nitrogen and oxygen atoms in total. The molecule has 40 heteroatoms. The third-order valence-electron chi connectivity index (χ3n) is 18.9. The average Bonchev–Trinajstić information content (AvgIpc) is 0.948. The van der Waals surface area contributed by atoms with Crippen LogP contribution in [-0.2, 0) is 38.2 Å². The Kier molecular flexibility index (Phi) is 106. The minimum Gasteiger partial charge on any atom is -0.449 e.